The summed E-state index contributed by atoms with van der Waals surface area (Å²) in [5.74, 6) is -2.48. The van der Waals surface area contributed by atoms with Crippen LogP contribution in [0.1, 0.15) is 17.5 Å². The van der Waals surface area contributed by atoms with Crippen LogP contribution in [0.4, 0.5) is 13.2 Å². The van der Waals surface area contributed by atoms with E-state index in [1.165, 1.54) is 0 Å². The molecule has 3 rings (SSSR count). The van der Waals surface area contributed by atoms with E-state index in [1.807, 2.05) is 42.5 Å². The Hall–Kier alpha value is -1.99. The average Bonchev–Trinajstić information content (AvgIpc) is 2.98. The molecule has 3 nitrogen and oxygen atoms in total. The number of thioether (sulfide) groups is 1. The van der Waals surface area contributed by atoms with Crippen molar-refractivity contribution < 1.29 is 23.1 Å². The van der Waals surface area contributed by atoms with Crippen LogP contribution in [0.15, 0.2) is 64.6 Å². The predicted molar refractivity (Wildman–Crippen MR) is 85.7 cm³/mol. The molecule has 7 heteroatoms. The van der Waals surface area contributed by atoms with E-state index in [0.717, 1.165) is 16.2 Å². The Balaban J connectivity index is 1.63. The van der Waals surface area contributed by atoms with Crippen molar-refractivity contribution in [2.45, 2.75) is 29.0 Å². The van der Waals surface area contributed by atoms with Gasteiger partial charge in [-0.05, 0) is 23.3 Å². The van der Waals surface area contributed by atoms with Gasteiger partial charge >= 0.3 is 12.0 Å². The maximum Gasteiger partial charge on any atom is 0.458 e. The predicted octanol–water partition coefficient (Wildman–Crippen LogP) is 4.35. The zero-order chi connectivity index (χ0) is 17.2. The van der Waals surface area contributed by atoms with Crippen LogP contribution in [0, 0.1) is 0 Å². The topological polar surface area (TPSA) is 41.8 Å². The van der Waals surface area contributed by atoms with E-state index in [4.69, 9.17) is 0 Å². The monoisotopic (exact) mass is 353 g/mol. The van der Waals surface area contributed by atoms with Gasteiger partial charge in [0.2, 0.25) is 0 Å². The van der Waals surface area contributed by atoms with Gasteiger partial charge in [-0.15, -0.1) is 11.8 Å². The van der Waals surface area contributed by atoms with Gasteiger partial charge in [0.15, 0.2) is 0 Å². The van der Waals surface area contributed by atoms with Crippen LogP contribution in [0.5, 0.6) is 0 Å². The largest absolute Gasteiger partial charge is 0.458 e. The minimum atomic E-state index is -4.88. The summed E-state index contributed by atoms with van der Waals surface area (Å²) in [7, 11) is 0. The molecule has 2 aromatic carbocycles. The Morgan fingerprint density at radius 2 is 1.75 bits per heavy atom. The lowest BCUT2D eigenvalue weighted by Crippen LogP contribution is -2.45. The molecule has 1 aliphatic rings. The molecular weight excluding hydrogens is 339 g/mol. The molecule has 0 spiro atoms. The molecule has 1 unspecified atom stereocenters. The zero-order valence-corrected chi connectivity index (χ0v) is 13.3. The van der Waals surface area contributed by atoms with Crippen LogP contribution in [0.2, 0.25) is 0 Å². The minimum absolute atomic E-state index is 0.0806. The van der Waals surface area contributed by atoms with Crippen molar-refractivity contribution in [3.8, 4) is 0 Å². The van der Waals surface area contributed by atoms with E-state index < -0.39 is 18.4 Å². The highest BCUT2D eigenvalue weighted by Crippen LogP contribution is 2.39. The second kappa shape index (κ2) is 6.49. The van der Waals surface area contributed by atoms with E-state index in [2.05, 4.69) is 9.99 Å². The van der Waals surface area contributed by atoms with Gasteiger partial charge in [0.1, 0.15) is 0 Å². The molecule has 24 heavy (non-hydrogen) atoms. The molecule has 0 saturated heterocycles. The summed E-state index contributed by atoms with van der Waals surface area (Å²) in [6.45, 7) is 0. The van der Waals surface area contributed by atoms with E-state index in [1.54, 1.807) is 23.9 Å². The molecule has 2 aromatic rings. The first-order chi connectivity index (χ1) is 11.4. The smallest absolute Gasteiger partial charge is 0.350 e. The van der Waals surface area contributed by atoms with Crippen LogP contribution >= 0.6 is 11.8 Å². The zero-order valence-electron chi connectivity index (χ0n) is 12.5. The van der Waals surface area contributed by atoms with Crippen LogP contribution in [-0.4, -0.2) is 22.8 Å². The van der Waals surface area contributed by atoms with Gasteiger partial charge < -0.3 is 9.94 Å². The van der Waals surface area contributed by atoms with Gasteiger partial charge in [-0.3, -0.25) is 0 Å². The molecule has 0 aromatic heterocycles. The number of oxime groups is 1. The Morgan fingerprint density at radius 1 is 1.08 bits per heavy atom. The Morgan fingerprint density at radius 3 is 2.33 bits per heavy atom. The number of halogens is 3. The normalized spacial score (nSPS) is 20.6. The molecular formula is C17H14F3NO2S. The number of rotatable bonds is 4. The summed E-state index contributed by atoms with van der Waals surface area (Å²) in [4.78, 5) is 5.37. The van der Waals surface area contributed by atoms with Gasteiger partial charge in [-0.2, -0.15) is 13.2 Å². The molecule has 1 aliphatic heterocycles. The first-order valence-electron chi connectivity index (χ1n) is 7.19. The SMILES string of the molecule is OC1(C(F)(F)F)CC(c2ccc(CSc3ccccc3)cc2)=NO1. The second-order valence-corrected chi connectivity index (χ2v) is 6.44. The maximum absolute atomic E-state index is 12.7. The summed E-state index contributed by atoms with van der Waals surface area (Å²) in [5, 5.41) is 12.8. The third kappa shape index (κ3) is 3.57. The van der Waals surface area contributed by atoms with Crippen LogP contribution in [0.25, 0.3) is 0 Å². The summed E-state index contributed by atoms with van der Waals surface area (Å²) < 4.78 is 38.1. The molecule has 126 valence electrons. The van der Waals surface area contributed by atoms with Crippen LogP contribution in [-0.2, 0) is 10.6 Å². The lowest BCUT2D eigenvalue weighted by atomic mass is 10.0. The number of nitrogens with zero attached hydrogens (tertiary/aromatic N) is 1. The van der Waals surface area contributed by atoms with Gasteiger partial charge in [0, 0.05) is 10.6 Å². The summed E-state index contributed by atoms with van der Waals surface area (Å²) in [5.41, 5.74) is 1.62. The van der Waals surface area contributed by atoms with E-state index in [0.29, 0.717) is 5.56 Å². The molecule has 0 fully saturated rings. The second-order valence-electron chi connectivity index (χ2n) is 5.39. The Bertz CT molecular complexity index is 732. The number of hydrogen-bond acceptors (Lipinski definition) is 4. The molecule has 1 N–H and O–H groups in total. The standard InChI is InChI=1S/C17H14F3NO2S/c18-17(19,20)16(22)10-15(21-23-16)13-8-6-12(7-9-13)11-24-14-4-2-1-3-5-14/h1-9,22H,10-11H2. The number of aliphatic hydroxyl groups is 1. The van der Waals surface area contributed by atoms with Crippen molar-refractivity contribution in [1.82, 2.24) is 0 Å². The fourth-order valence-corrected chi connectivity index (χ4v) is 3.08. The lowest BCUT2D eigenvalue weighted by Gasteiger charge is -2.22. The number of hydrogen-bond donors (Lipinski definition) is 1. The first-order valence-corrected chi connectivity index (χ1v) is 8.17. The molecule has 1 heterocycles. The number of alkyl halides is 3. The van der Waals surface area contributed by atoms with Gasteiger partial charge in [0.25, 0.3) is 0 Å². The molecule has 1 atom stereocenters. The highest BCUT2D eigenvalue weighted by atomic mass is 32.2. The number of benzene rings is 2. The summed E-state index contributed by atoms with van der Waals surface area (Å²) in [6.07, 6.45) is -5.60. The lowest BCUT2D eigenvalue weighted by molar-refractivity contribution is -0.355. The maximum atomic E-state index is 12.7. The third-order valence-electron chi connectivity index (χ3n) is 3.59. The average molecular weight is 353 g/mol. The van der Waals surface area contributed by atoms with Crippen LogP contribution < -0.4 is 0 Å². The van der Waals surface area contributed by atoms with E-state index >= 15 is 0 Å². The van der Waals surface area contributed by atoms with Crippen molar-refractivity contribution in [2.75, 3.05) is 0 Å². The van der Waals surface area contributed by atoms with Crippen molar-refractivity contribution in [1.29, 1.82) is 0 Å². The highest BCUT2D eigenvalue weighted by molar-refractivity contribution is 7.98. The molecule has 0 saturated carbocycles. The Kier molecular flexibility index (Phi) is 4.56. The van der Waals surface area contributed by atoms with E-state index in [-0.39, 0.29) is 5.71 Å². The van der Waals surface area contributed by atoms with Crippen LogP contribution in [0.3, 0.4) is 0 Å². The fourth-order valence-electron chi connectivity index (χ4n) is 2.21. The van der Waals surface area contributed by atoms with Crippen molar-refractivity contribution >= 4 is 17.5 Å². The Labute approximate surface area is 141 Å². The highest BCUT2D eigenvalue weighted by Gasteiger charge is 2.60. The first kappa shape index (κ1) is 16.9. The molecule has 0 aliphatic carbocycles. The fraction of sp³-hybridized carbons (Fsp3) is 0.235. The van der Waals surface area contributed by atoms with Gasteiger partial charge in [-0.25, -0.2) is 0 Å². The van der Waals surface area contributed by atoms with Crippen molar-refractivity contribution in [2.24, 2.45) is 5.16 Å². The van der Waals surface area contributed by atoms with Gasteiger partial charge in [0.05, 0.1) is 12.1 Å². The third-order valence-corrected chi connectivity index (χ3v) is 4.68. The molecule has 0 radical (unpaired) electrons. The molecule has 0 amide bonds. The quantitative estimate of drug-likeness (QED) is 0.831. The molecule has 0 bridgehead atoms. The summed E-state index contributed by atoms with van der Waals surface area (Å²) >= 11 is 1.67. The van der Waals surface area contributed by atoms with Gasteiger partial charge in [-0.1, -0.05) is 47.6 Å². The van der Waals surface area contributed by atoms with E-state index in [9.17, 15) is 18.3 Å². The summed E-state index contributed by atoms with van der Waals surface area (Å²) in [6, 6.07) is 16.9. The minimum Gasteiger partial charge on any atom is -0.350 e. The van der Waals surface area contributed by atoms with Crippen molar-refractivity contribution in [3.05, 3.63) is 65.7 Å². The van der Waals surface area contributed by atoms with Crippen molar-refractivity contribution in [3.63, 3.8) is 0 Å².